The summed E-state index contributed by atoms with van der Waals surface area (Å²) in [6, 6.07) is 13.5. The lowest BCUT2D eigenvalue weighted by Gasteiger charge is -2.09. The molecule has 0 atom stereocenters. The second-order valence-corrected chi connectivity index (χ2v) is 6.93. The summed E-state index contributed by atoms with van der Waals surface area (Å²) in [5.41, 5.74) is 2.83. The molecule has 0 radical (unpaired) electrons. The number of carbonyl (C=O) groups excluding carboxylic acids is 1. The van der Waals surface area contributed by atoms with E-state index < -0.39 is 0 Å². The first-order valence-electron chi connectivity index (χ1n) is 9.13. The number of amides is 1. The van der Waals surface area contributed by atoms with Crippen LogP contribution in [0.1, 0.15) is 21.7 Å². The molecule has 2 aromatic carbocycles. The van der Waals surface area contributed by atoms with Gasteiger partial charge in [0.25, 0.3) is 5.91 Å². The number of hydrogen-bond donors (Lipinski definition) is 2. The average molecular weight is 417 g/mol. The van der Waals surface area contributed by atoms with Gasteiger partial charge in [-0.25, -0.2) is 4.39 Å². The highest BCUT2D eigenvalue weighted by molar-refractivity contribution is 6.34. The third-order valence-electron chi connectivity index (χ3n) is 4.39. The Hall–Kier alpha value is -2.83. The van der Waals surface area contributed by atoms with Gasteiger partial charge in [-0.1, -0.05) is 11.6 Å². The molecule has 0 saturated carbocycles. The van der Waals surface area contributed by atoms with Crippen molar-refractivity contribution in [3.63, 3.8) is 0 Å². The first kappa shape index (κ1) is 20.9. The lowest BCUT2D eigenvalue weighted by Crippen LogP contribution is -2.27. The Labute approximate surface area is 173 Å². The SMILES string of the molecule is COCCNC(=O)c1ccc(NCc2ccc(-c3ccc(F)cc3C)o2)cc1Cl. The molecule has 0 spiro atoms. The maximum Gasteiger partial charge on any atom is 0.252 e. The molecule has 1 aromatic heterocycles. The predicted molar refractivity (Wildman–Crippen MR) is 112 cm³/mol. The topological polar surface area (TPSA) is 63.5 Å². The standard InChI is InChI=1S/C22H22ClFN2O3/c1-14-11-15(24)3-6-18(14)21-8-5-17(29-21)13-26-16-4-7-19(20(23)12-16)22(27)25-9-10-28-2/h3-8,11-12,26H,9-10,13H2,1-2H3,(H,25,27). The van der Waals surface area contributed by atoms with Crippen LogP contribution in [0.2, 0.25) is 5.02 Å². The number of anilines is 1. The Morgan fingerprint density at radius 1 is 1.17 bits per heavy atom. The average Bonchev–Trinajstić information content (AvgIpc) is 3.15. The van der Waals surface area contributed by atoms with Crippen molar-refractivity contribution in [1.82, 2.24) is 5.32 Å². The van der Waals surface area contributed by atoms with Crippen LogP contribution in [-0.2, 0) is 11.3 Å². The molecule has 0 aliphatic carbocycles. The van der Waals surface area contributed by atoms with Crippen molar-refractivity contribution in [1.29, 1.82) is 0 Å². The molecule has 2 N–H and O–H groups in total. The van der Waals surface area contributed by atoms with Gasteiger partial charge in [-0.05, 0) is 61.0 Å². The molecular weight excluding hydrogens is 395 g/mol. The maximum absolute atomic E-state index is 13.3. The van der Waals surface area contributed by atoms with E-state index in [1.807, 2.05) is 19.1 Å². The number of rotatable bonds is 8. The summed E-state index contributed by atoms with van der Waals surface area (Å²) in [6.45, 7) is 3.13. The molecule has 1 heterocycles. The van der Waals surface area contributed by atoms with Gasteiger partial charge in [-0.15, -0.1) is 0 Å². The summed E-state index contributed by atoms with van der Waals surface area (Å²) in [4.78, 5) is 12.1. The Balaban J connectivity index is 1.62. The minimum absolute atomic E-state index is 0.246. The van der Waals surface area contributed by atoms with Gasteiger partial charge in [0.1, 0.15) is 17.3 Å². The van der Waals surface area contributed by atoms with Crippen molar-refractivity contribution in [3.05, 3.63) is 76.3 Å². The van der Waals surface area contributed by atoms with E-state index in [1.54, 1.807) is 31.4 Å². The summed E-state index contributed by atoms with van der Waals surface area (Å²) in [6.07, 6.45) is 0. The van der Waals surface area contributed by atoms with Crippen LogP contribution >= 0.6 is 11.6 Å². The summed E-state index contributed by atoms with van der Waals surface area (Å²) in [5, 5.41) is 6.31. The number of halogens is 2. The fourth-order valence-electron chi connectivity index (χ4n) is 2.88. The van der Waals surface area contributed by atoms with Crippen molar-refractivity contribution in [2.45, 2.75) is 13.5 Å². The molecule has 0 aliphatic heterocycles. The molecular formula is C22H22ClFN2O3. The van der Waals surface area contributed by atoms with E-state index in [0.717, 1.165) is 22.6 Å². The van der Waals surface area contributed by atoms with Crippen LogP contribution in [0.25, 0.3) is 11.3 Å². The number of hydrogen-bond acceptors (Lipinski definition) is 4. The maximum atomic E-state index is 13.3. The van der Waals surface area contributed by atoms with Crippen LogP contribution in [0.15, 0.2) is 52.9 Å². The van der Waals surface area contributed by atoms with Gasteiger partial charge in [0.05, 0.1) is 23.7 Å². The van der Waals surface area contributed by atoms with Crippen LogP contribution in [-0.4, -0.2) is 26.2 Å². The number of furan rings is 1. The largest absolute Gasteiger partial charge is 0.459 e. The van der Waals surface area contributed by atoms with Crippen LogP contribution in [0, 0.1) is 12.7 Å². The van der Waals surface area contributed by atoms with E-state index in [4.69, 9.17) is 20.8 Å². The van der Waals surface area contributed by atoms with Gasteiger partial charge < -0.3 is 19.8 Å². The number of aryl methyl sites for hydroxylation is 1. The van der Waals surface area contributed by atoms with E-state index in [2.05, 4.69) is 10.6 Å². The number of methoxy groups -OCH3 is 1. The monoisotopic (exact) mass is 416 g/mol. The van der Waals surface area contributed by atoms with Gasteiger partial charge in [-0.3, -0.25) is 4.79 Å². The van der Waals surface area contributed by atoms with Crippen molar-refractivity contribution >= 4 is 23.2 Å². The smallest absolute Gasteiger partial charge is 0.252 e. The van der Waals surface area contributed by atoms with Crippen molar-refractivity contribution in [3.8, 4) is 11.3 Å². The van der Waals surface area contributed by atoms with E-state index in [0.29, 0.717) is 36.0 Å². The van der Waals surface area contributed by atoms with E-state index >= 15 is 0 Å². The zero-order valence-electron chi connectivity index (χ0n) is 16.2. The Morgan fingerprint density at radius 3 is 2.72 bits per heavy atom. The minimum atomic E-state index is -0.271. The number of nitrogens with one attached hydrogen (secondary N) is 2. The van der Waals surface area contributed by atoms with E-state index in [9.17, 15) is 9.18 Å². The molecule has 0 saturated heterocycles. The molecule has 3 rings (SSSR count). The molecule has 1 amide bonds. The van der Waals surface area contributed by atoms with Gasteiger partial charge in [0.2, 0.25) is 0 Å². The highest BCUT2D eigenvalue weighted by Gasteiger charge is 2.11. The second-order valence-electron chi connectivity index (χ2n) is 6.52. The normalized spacial score (nSPS) is 10.8. The summed E-state index contributed by atoms with van der Waals surface area (Å²) in [7, 11) is 1.57. The summed E-state index contributed by atoms with van der Waals surface area (Å²) >= 11 is 6.25. The van der Waals surface area contributed by atoms with Crippen molar-refractivity contribution < 1.29 is 18.3 Å². The van der Waals surface area contributed by atoms with Gasteiger partial charge in [0, 0.05) is 24.9 Å². The van der Waals surface area contributed by atoms with Crippen LogP contribution in [0.3, 0.4) is 0 Å². The molecule has 7 heteroatoms. The lowest BCUT2D eigenvalue weighted by atomic mass is 10.1. The van der Waals surface area contributed by atoms with Crippen molar-refractivity contribution in [2.24, 2.45) is 0 Å². The number of benzene rings is 2. The zero-order chi connectivity index (χ0) is 20.8. The molecule has 29 heavy (non-hydrogen) atoms. The Morgan fingerprint density at radius 2 is 2.00 bits per heavy atom. The molecule has 3 aromatic rings. The fraction of sp³-hybridized carbons (Fsp3) is 0.227. The summed E-state index contributed by atoms with van der Waals surface area (Å²) in [5.74, 6) is 0.887. The van der Waals surface area contributed by atoms with Crippen LogP contribution in [0.5, 0.6) is 0 Å². The van der Waals surface area contributed by atoms with Crippen LogP contribution in [0.4, 0.5) is 10.1 Å². The molecule has 0 aliphatic rings. The van der Waals surface area contributed by atoms with Gasteiger partial charge >= 0.3 is 0 Å². The number of ether oxygens (including phenoxy) is 1. The third-order valence-corrected chi connectivity index (χ3v) is 4.70. The van der Waals surface area contributed by atoms with Gasteiger partial charge in [0.15, 0.2) is 0 Å². The second kappa shape index (κ2) is 9.58. The molecule has 5 nitrogen and oxygen atoms in total. The highest BCUT2D eigenvalue weighted by atomic mass is 35.5. The predicted octanol–water partition coefficient (Wildman–Crippen LogP) is 5.04. The number of carbonyl (C=O) groups is 1. The molecule has 0 fully saturated rings. The first-order valence-corrected chi connectivity index (χ1v) is 9.51. The van der Waals surface area contributed by atoms with Gasteiger partial charge in [-0.2, -0.15) is 0 Å². The van der Waals surface area contributed by atoms with E-state index in [-0.39, 0.29) is 11.7 Å². The van der Waals surface area contributed by atoms with E-state index in [1.165, 1.54) is 12.1 Å². The minimum Gasteiger partial charge on any atom is -0.459 e. The Bertz CT molecular complexity index is 1000. The van der Waals surface area contributed by atoms with Crippen LogP contribution < -0.4 is 10.6 Å². The summed E-state index contributed by atoms with van der Waals surface area (Å²) < 4.78 is 24.1. The zero-order valence-corrected chi connectivity index (χ0v) is 17.0. The lowest BCUT2D eigenvalue weighted by molar-refractivity contribution is 0.0937. The van der Waals surface area contributed by atoms with Crippen molar-refractivity contribution in [2.75, 3.05) is 25.6 Å². The quantitative estimate of drug-likeness (QED) is 0.505. The fourth-order valence-corrected chi connectivity index (χ4v) is 3.15. The molecule has 0 bridgehead atoms. The first-order chi connectivity index (χ1) is 14.0. The molecule has 0 unspecified atom stereocenters. The third kappa shape index (κ3) is 5.37. The highest BCUT2D eigenvalue weighted by Crippen LogP contribution is 2.27. The Kier molecular flexibility index (Phi) is 6.90. The molecule has 152 valence electrons.